The number of rotatable bonds is 3. The van der Waals surface area contributed by atoms with E-state index in [1.165, 1.54) is 0 Å². The van der Waals surface area contributed by atoms with Crippen molar-refractivity contribution in [2.24, 2.45) is 0 Å². The molecule has 0 aliphatic heterocycles. The van der Waals surface area contributed by atoms with Gasteiger partial charge in [-0.05, 0) is 18.9 Å². The Morgan fingerprint density at radius 3 is 2.38 bits per heavy atom. The molecule has 0 saturated heterocycles. The molecular weight excluding hydrogens is 104 g/mol. The van der Waals surface area contributed by atoms with Crippen molar-refractivity contribution in [2.45, 2.75) is 26.4 Å². The molecule has 48 valence electrons. The van der Waals surface area contributed by atoms with Gasteiger partial charge in [0.05, 0.1) is 0 Å². The highest BCUT2D eigenvalue weighted by Gasteiger charge is 2.03. The highest BCUT2D eigenvalue weighted by atomic mass is 17.1. The van der Waals surface area contributed by atoms with E-state index < -0.39 is 0 Å². The molecule has 1 atom stereocenters. The van der Waals surface area contributed by atoms with Gasteiger partial charge in [0.2, 0.25) is 0 Å². The fraction of sp³-hybridized carbons (Fsp3) is 0.667. The van der Waals surface area contributed by atoms with Gasteiger partial charge in [-0.1, -0.05) is 13.5 Å². The van der Waals surface area contributed by atoms with E-state index in [0.717, 1.165) is 12.0 Å². The smallest absolute Gasteiger partial charge is 0.113 e. The molecule has 0 amide bonds. The van der Waals surface area contributed by atoms with Crippen molar-refractivity contribution >= 4 is 0 Å². The Hall–Kier alpha value is -0.340. The molecule has 0 aromatic heterocycles. The quantitative estimate of drug-likeness (QED) is 0.346. The summed E-state index contributed by atoms with van der Waals surface area (Å²) in [6.07, 6.45) is 0.584. The van der Waals surface area contributed by atoms with Crippen LogP contribution in [0.1, 0.15) is 20.3 Å². The van der Waals surface area contributed by atoms with Crippen LogP contribution in [0.4, 0.5) is 0 Å². The summed E-state index contributed by atoms with van der Waals surface area (Å²) < 4.78 is 0. The van der Waals surface area contributed by atoms with Crippen molar-refractivity contribution in [3.63, 3.8) is 0 Å². The summed E-state index contributed by atoms with van der Waals surface area (Å²) in [6.45, 7) is 7.36. The van der Waals surface area contributed by atoms with E-state index >= 15 is 0 Å². The molecule has 0 heterocycles. The van der Waals surface area contributed by atoms with E-state index in [1.54, 1.807) is 0 Å². The first-order valence-corrected chi connectivity index (χ1v) is 2.68. The van der Waals surface area contributed by atoms with E-state index in [9.17, 15) is 0 Å². The Labute approximate surface area is 49.7 Å². The molecule has 2 nitrogen and oxygen atoms in total. The van der Waals surface area contributed by atoms with Crippen LogP contribution in [-0.4, -0.2) is 11.4 Å². The molecule has 0 fully saturated rings. The summed E-state index contributed by atoms with van der Waals surface area (Å²) in [5.74, 6) is 0. The second-order valence-corrected chi connectivity index (χ2v) is 1.85. The molecule has 0 radical (unpaired) electrons. The summed E-state index contributed by atoms with van der Waals surface area (Å²) >= 11 is 0. The molecule has 1 unspecified atom stereocenters. The van der Waals surface area contributed by atoms with Crippen molar-refractivity contribution < 1.29 is 10.1 Å². The highest BCUT2D eigenvalue weighted by Crippen LogP contribution is 2.04. The van der Waals surface area contributed by atoms with Crippen molar-refractivity contribution in [1.29, 1.82) is 0 Å². The van der Waals surface area contributed by atoms with E-state index in [1.807, 2.05) is 13.8 Å². The summed E-state index contributed by atoms with van der Waals surface area (Å²) in [5, 5.41) is 8.14. The summed E-state index contributed by atoms with van der Waals surface area (Å²) in [4.78, 5) is 4.06. The topological polar surface area (TPSA) is 29.5 Å². The summed E-state index contributed by atoms with van der Waals surface area (Å²) in [7, 11) is 0. The second kappa shape index (κ2) is 3.64. The van der Waals surface area contributed by atoms with E-state index in [4.69, 9.17) is 5.26 Å². The minimum Gasteiger partial charge on any atom is -0.251 e. The first-order valence-electron chi connectivity index (χ1n) is 2.68. The van der Waals surface area contributed by atoms with Crippen LogP contribution in [-0.2, 0) is 4.89 Å². The van der Waals surface area contributed by atoms with Gasteiger partial charge in [0.15, 0.2) is 0 Å². The maximum Gasteiger partial charge on any atom is 0.113 e. The van der Waals surface area contributed by atoms with Gasteiger partial charge in [-0.25, -0.2) is 4.89 Å². The predicted octanol–water partition coefficient (Wildman–Crippen LogP) is 1.83. The highest BCUT2D eigenvalue weighted by molar-refractivity contribution is 4.96. The normalized spacial score (nSPS) is 13.4. The van der Waals surface area contributed by atoms with Gasteiger partial charge < -0.3 is 0 Å². The zero-order valence-corrected chi connectivity index (χ0v) is 5.35. The largest absolute Gasteiger partial charge is 0.251 e. The Balaban J connectivity index is 3.52. The SMILES string of the molecule is C=C(C)C(CC)OO. The van der Waals surface area contributed by atoms with Gasteiger partial charge in [0.1, 0.15) is 6.10 Å². The lowest BCUT2D eigenvalue weighted by atomic mass is 10.1. The fourth-order valence-corrected chi connectivity index (χ4v) is 0.513. The van der Waals surface area contributed by atoms with Gasteiger partial charge in [-0.3, -0.25) is 5.26 Å². The molecular formula is C6H12O2. The van der Waals surface area contributed by atoms with Crippen molar-refractivity contribution in [1.82, 2.24) is 0 Å². The Morgan fingerprint density at radius 2 is 2.38 bits per heavy atom. The Bertz CT molecular complexity index is 74.6. The third kappa shape index (κ3) is 2.09. The monoisotopic (exact) mass is 116 g/mol. The average molecular weight is 116 g/mol. The van der Waals surface area contributed by atoms with Gasteiger partial charge in [0.25, 0.3) is 0 Å². The molecule has 0 aliphatic carbocycles. The maximum atomic E-state index is 8.14. The third-order valence-corrected chi connectivity index (χ3v) is 1.05. The predicted molar refractivity (Wildman–Crippen MR) is 32.6 cm³/mol. The van der Waals surface area contributed by atoms with Crippen LogP contribution in [0.25, 0.3) is 0 Å². The van der Waals surface area contributed by atoms with E-state index in [2.05, 4.69) is 11.5 Å². The van der Waals surface area contributed by atoms with Crippen LogP contribution in [0.2, 0.25) is 0 Å². The van der Waals surface area contributed by atoms with Gasteiger partial charge in [0, 0.05) is 0 Å². The molecule has 0 rings (SSSR count). The van der Waals surface area contributed by atoms with Crippen molar-refractivity contribution in [2.75, 3.05) is 0 Å². The second-order valence-electron chi connectivity index (χ2n) is 1.85. The van der Waals surface area contributed by atoms with Gasteiger partial charge in [-0.15, -0.1) is 0 Å². The van der Waals surface area contributed by atoms with Crippen LogP contribution in [0, 0.1) is 0 Å². The van der Waals surface area contributed by atoms with Crippen LogP contribution >= 0.6 is 0 Å². The molecule has 1 N–H and O–H groups in total. The molecule has 0 bridgehead atoms. The third-order valence-electron chi connectivity index (χ3n) is 1.05. The lowest BCUT2D eigenvalue weighted by Crippen LogP contribution is -2.09. The summed E-state index contributed by atoms with van der Waals surface area (Å²) in [5.41, 5.74) is 0.856. The van der Waals surface area contributed by atoms with Gasteiger partial charge in [-0.2, -0.15) is 0 Å². The zero-order chi connectivity index (χ0) is 6.57. The van der Waals surface area contributed by atoms with Crippen LogP contribution in [0.5, 0.6) is 0 Å². The Kier molecular flexibility index (Phi) is 3.48. The molecule has 0 aromatic rings. The summed E-state index contributed by atoms with van der Waals surface area (Å²) in [6, 6.07) is 0. The van der Waals surface area contributed by atoms with Crippen LogP contribution in [0.15, 0.2) is 12.2 Å². The van der Waals surface area contributed by atoms with E-state index in [-0.39, 0.29) is 6.10 Å². The van der Waals surface area contributed by atoms with E-state index in [0.29, 0.717) is 0 Å². The molecule has 0 aliphatic rings. The minimum absolute atomic E-state index is 0.185. The Morgan fingerprint density at radius 1 is 1.88 bits per heavy atom. The molecule has 0 spiro atoms. The molecule has 8 heavy (non-hydrogen) atoms. The number of hydrogen-bond donors (Lipinski definition) is 1. The van der Waals surface area contributed by atoms with Crippen molar-refractivity contribution in [3.05, 3.63) is 12.2 Å². The first-order chi connectivity index (χ1) is 3.72. The van der Waals surface area contributed by atoms with Gasteiger partial charge >= 0.3 is 0 Å². The van der Waals surface area contributed by atoms with Crippen molar-refractivity contribution in [3.8, 4) is 0 Å². The standard InChI is InChI=1S/C6H12O2/c1-4-6(8-7)5(2)3/h6-7H,2,4H2,1,3H3. The molecule has 0 saturated carbocycles. The minimum atomic E-state index is -0.185. The van der Waals surface area contributed by atoms with Crippen LogP contribution < -0.4 is 0 Å². The molecule has 0 aromatic carbocycles. The lowest BCUT2D eigenvalue weighted by molar-refractivity contribution is -0.268. The zero-order valence-electron chi connectivity index (χ0n) is 5.35. The molecule has 2 heteroatoms. The maximum absolute atomic E-state index is 8.14. The number of hydrogen-bond acceptors (Lipinski definition) is 2. The first kappa shape index (κ1) is 7.66. The lowest BCUT2D eigenvalue weighted by Gasteiger charge is -2.08. The fourth-order valence-electron chi connectivity index (χ4n) is 0.513. The average Bonchev–Trinajstić information content (AvgIpc) is 1.69. The van der Waals surface area contributed by atoms with Crippen LogP contribution in [0.3, 0.4) is 0 Å².